The van der Waals surface area contributed by atoms with Gasteiger partial charge < -0.3 is 21.1 Å². The zero-order valence-corrected chi connectivity index (χ0v) is 17.9. The molecule has 0 bridgehead atoms. The van der Waals surface area contributed by atoms with Crippen LogP contribution in [0.25, 0.3) is 10.8 Å². The number of nitriles is 1. The summed E-state index contributed by atoms with van der Waals surface area (Å²) in [5, 5.41) is 11.3. The van der Waals surface area contributed by atoms with Crippen LogP contribution in [0.15, 0.2) is 0 Å². The van der Waals surface area contributed by atoms with Crippen LogP contribution in [0.2, 0.25) is 0 Å². The smallest absolute Gasteiger partial charge is 0.233 e. The van der Waals surface area contributed by atoms with Crippen LogP contribution in [0.5, 0.6) is 0 Å². The van der Waals surface area contributed by atoms with Crippen LogP contribution < -0.4 is 21.3 Å². The Labute approximate surface area is 181 Å². The molecule has 0 aromatic carbocycles. The van der Waals surface area contributed by atoms with E-state index in [9.17, 15) is 10.1 Å². The number of carbonyl (C=O) groups is 1. The maximum atomic E-state index is 13.0. The molecule has 2 aromatic heterocycles. The lowest BCUT2D eigenvalue weighted by Crippen LogP contribution is -2.46. The molecule has 9 nitrogen and oxygen atoms in total. The third-order valence-electron chi connectivity index (χ3n) is 6.61. The van der Waals surface area contributed by atoms with Crippen molar-refractivity contribution in [1.29, 1.82) is 5.26 Å². The Hall–Kier alpha value is -3.12. The molecule has 4 heterocycles. The van der Waals surface area contributed by atoms with Crippen molar-refractivity contribution >= 4 is 40.0 Å². The van der Waals surface area contributed by atoms with Crippen LogP contribution >= 0.6 is 0 Å². The molecule has 9 heteroatoms. The molecule has 2 atom stereocenters. The number of ether oxygens (including phenoxy) is 1. The van der Waals surface area contributed by atoms with Gasteiger partial charge in [-0.2, -0.15) is 5.26 Å². The molecule has 1 amide bonds. The number of fused-ring (bicyclic) bond motifs is 3. The van der Waals surface area contributed by atoms with Crippen molar-refractivity contribution in [1.82, 2.24) is 9.97 Å². The van der Waals surface area contributed by atoms with Crippen LogP contribution in [-0.4, -0.2) is 47.2 Å². The highest BCUT2D eigenvalue weighted by Crippen LogP contribution is 2.44. The van der Waals surface area contributed by atoms with Gasteiger partial charge in [0, 0.05) is 30.1 Å². The second kappa shape index (κ2) is 7.24. The number of pyridine rings is 2. The fraction of sp³-hybridized carbons (Fsp3) is 0.545. The van der Waals surface area contributed by atoms with E-state index in [0.717, 1.165) is 31.2 Å². The Morgan fingerprint density at radius 2 is 1.65 bits per heavy atom. The van der Waals surface area contributed by atoms with Gasteiger partial charge in [-0.15, -0.1) is 0 Å². The Balaban J connectivity index is 1.74. The summed E-state index contributed by atoms with van der Waals surface area (Å²) < 4.78 is 5.84. The standard InChI is InChI=1S/C22H27N7O2/c1-11-9-28(10-12(2)31-11)21-15(8-23)17-14-7-16(30)29(13-5-3-4-6-13)22(14)27-20(25)18(17)19(24)26-21/h11-13H,3-7,9-10H2,1-2H3,(H2,24,26)(H2,25,27)/t11-,12-/m0/s1. The highest BCUT2D eigenvalue weighted by Gasteiger charge is 2.39. The largest absolute Gasteiger partial charge is 0.383 e. The van der Waals surface area contributed by atoms with Crippen molar-refractivity contribution in [3.8, 4) is 6.07 Å². The van der Waals surface area contributed by atoms with Crippen molar-refractivity contribution in [2.24, 2.45) is 0 Å². The lowest BCUT2D eigenvalue weighted by atomic mass is 10.00. The summed E-state index contributed by atoms with van der Waals surface area (Å²) in [6.07, 6.45) is 4.33. The number of amides is 1. The summed E-state index contributed by atoms with van der Waals surface area (Å²) in [5.74, 6) is 1.56. The number of anilines is 4. The summed E-state index contributed by atoms with van der Waals surface area (Å²) in [5.41, 5.74) is 13.8. The average Bonchev–Trinajstić information content (AvgIpc) is 3.33. The molecule has 0 spiro atoms. The van der Waals surface area contributed by atoms with Gasteiger partial charge in [0.05, 0.1) is 24.0 Å². The van der Waals surface area contributed by atoms with Gasteiger partial charge in [0.25, 0.3) is 0 Å². The number of hydrogen-bond donors (Lipinski definition) is 2. The Kier molecular flexibility index (Phi) is 4.63. The van der Waals surface area contributed by atoms with E-state index in [-0.39, 0.29) is 42.2 Å². The third kappa shape index (κ3) is 3.05. The van der Waals surface area contributed by atoms with E-state index >= 15 is 0 Å². The minimum atomic E-state index is 0.00155. The van der Waals surface area contributed by atoms with Crippen molar-refractivity contribution < 1.29 is 9.53 Å². The summed E-state index contributed by atoms with van der Waals surface area (Å²) in [4.78, 5) is 26.0. The minimum absolute atomic E-state index is 0.00155. The first-order valence-electron chi connectivity index (χ1n) is 10.9. The monoisotopic (exact) mass is 421 g/mol. The van der Waals surface area contributed by atoms with E-state index in [0.29, 0.717) is 41.1 Å². The summed E-state index contributed by atoms with van der Waals surface area (Å²) in [6.45, 7) is 5.20. The van der Waals surface area contributed by atoms with Crippen LogP contribution in [-0.2, 0) is 16.0 Å². The number of nitrogens with two attached hydrogens (primary N) is 2. The molecule has 0 unspecified atom stereocenters. The van der Waals surface area contributed by atoms with E-state index in [1.807, 2.05) is 18.7 Å². The van der Waals surface area contributed by atoms with E-state index in [2.05, 4.69) is 16.0 Å². The van der Waals surface area contributed by atoms with E-state index in [1.165, 1.54) is 0 Å². The second-order valence-electron chi connectivity index (χ2n) is 8.90. The van der Waals surface area contributed by atoms with Crippen LogP contribution in [0, 0.1) is 11.3 Å². The topological polar surface area (TPSA) is 134 Å². The first-order chi connectivity index (χ1) is 14.9. The van der Waals surface area contributed by atoms with Gasteiger partial charge in [-0.3, -0.25) is 9.69 Å². The fourth-order valence-electron chi connectivity index (χ4n) is 5.45. The predicted molar refractivity (Wildman–Crippen MR) is 119 cm³/mol. The quantitative estimate of drug-likeness (QED) is 0.753. The van der Waals surface area contributed by atoms with Gasteiger partial charge in [-0.25, -0.2) is 9.97 Å². The van der Waals surface area contributed by atoms with Crippen molar-refractivity contribution in [2.45, 2.75) is 64.2 Å². The number of nitrogen functional groups attached to an aromatic ring is 2. The molecule has 162 valence electrons. The van der Waals surface area contributed by atoms with E-state index in [1.54, 1.807) is 4.90 Å². The van der Waals surface area contributed by atoms with Crippen LogP contribution in [0.4, 0.5) is 23.3 Å². The molecule has 2 aliphatic heterocycles. The Bertz CT molecular complexity index is 1110. The third-order valence-corrected chi connectivity index (χ3v) is 6.61. The number of morpholine rings is 1. The van der Waals surface area contributed by atoms with Gasteiger partial charge in [0.1, 0.15) is 34.9 Å². The predicted octanol–water partition coefficient (Wildman–Crippen LogP) is 2.11. The number of rotatable bonds is 2. The zero-order chi connectivity index (χ0) is 21.9. The molecule has 1 saturated carbocycles. The van der Waals surface area contributed by atoms with Crippen molar-refractivity contribution in [3.05, 3.63) is 11.1 Å². The average molecular weight is 422 g/mol. The molecule has 1 saturated heterocycles. The fourth-order valence-corrected chi connectivity index (χ4v) is 5.45. The van der Waals surface area contributed by atoms with Gasteiger partial charge in [0.15, 0.2) is 0 Å². The maximum absolute atomic E-state index is 13.0. The highest BCUT2D eigenvalue weighted by atomic mass is 16.5. The van der Waals surface area contributed by atoms with Crippen LogP contribution in [0.1, 0.15) is 50.7 Å². The maximum Gasteiger partial charge on any atom is 0.233 e. The molecule has 2 aromatic rings. The summed E-state index contributed by atoms with van der Waals surface area (Å²) in [7, 11) is 0. The van der Waals surface area contributed by atoms with Crippen LogP contribution in [0.3, 0.4) is 0 Å². The molecule has 5 rings (SSSR count). The molecule has 3 aliphatic rings. The summed E-state index contributed by atoms with van der Waals surface area (Å²) in [6, 6.07) is 2.48. The molecular formula is C22H27N7O2. The lowest BCUT2D eigenvalue weighted by Gasteiger charge is -2.36. The molecule has 31 heavy (non-hydrogen) atoms. The number of carbonyl (C=O) groups excluding carboxylic acids is 1. The molecule has 4 N–H and O–H groups in total. The molecule has 2 fully saturated rings. The van der Waals surface area contributed by atoms with E-state index in [4.69, 9.17) is 16.2 Å². The Morgan fingerprint density at radius 1 is 1.03 bits per heavy atom. The number of hydrogen-bond acceptors (Lipinski definition) is 8. The van der Waals surface area contributed by atoms with Crippen molar-refractivity contribution in [2.75, 3.05) is 34.4 Å². The molecule has 0 radical (unpaired) electrons. The van der Waals surface area contributed by atoms with Gasteiger partial charge >= 0.3 is 0 Å². The normalized spacial score (nSPS) is 24.1. The molecule has 1 aliphatic carbocycles. The second-order valence-corrected chi connectivity index (χ2v) is 8.90. The highest BCUT2D eigenvalue weighted by molar-refractivity contribution is 6.13. The first-order valence-corrected chi connectivity index (χ1v) is 10.9. The molecular weight excluding hydrogens is 394 g/mol. The zero-order valence-electron chi connectivity index (χ0n) is 17.9. The first kappa shape index (κ1) is 19.8. The lowest BCUT2D eigenvalue weighted by molar-refractivity contribution is -0.117. The minimum Gasteiger partial charge on any atom is -0.383 e. The number of aromatic nitrogens is 2. The van der Waals surface area contributed by atoms with Gasteiger partial charge in [-0.1, -0.05) is 12.8 Å². The van der Waals surface area contributed by atoms with Gasteiger partial charge in [-0.05, 0) is 26.7 Å². The SMILES string of the molecule is C[C@H]1CN(c2nc(N)c3c(N)nc4c(c3c2C#N)CC(=O)N4C2CCCC2)C[C@H](C)O1. The summed E-state index contributed by atoms with van der Waals surface area (Å²) >= 11 is 0. The van der Waals surface area contributed by atoms with Gasteiger partial charge in [0.2, 0.25) is 5.91 Å². The van der Waals surface area contributed by atoms with Crippen molar-refractivity contribution in [3.63, 3.8) is 0 Å². The Morgan fingerprint density at radius 3 is 2.26 bits per heavy atom. The number of nitrogens with zero attached hydrogens (tertiary/aromatic N) is 5. The van der Waals surface area contributed by atoms with E-state index < -0.39 is 0 Å².